The van der Waals surface area contributed by atoms with E-state index < -0.39 is 10.0 Å². The standard InChI is InChI=1S/C10H19N8O2S/c1-16(15-21(5,19)20)8-7-9(14-10(11)13-8)17(6-12-7)18(2,3)4/h6,15H,1-5H3,(H2,11,13,14)/q+1. The van der Waals surface area contributed by atoms with Crippen LogP contribution in [0.5, 0.6) is 0 Å². The van der Waals surface area contributed by atoms with E-state index in [1.54, 1.807) is 11.0 Å². The molecule has 116 valence electrons. The fourth-order valence-corrected chi connectivity index (χ4v) is 2.44. The number of nitrogens with one attached hydrogen (secondary N) is 1. The summed E-state index contributed by atoms with van der Waals surface area (Å²) in [6.45, 7) is 0. The van der Waals surface area contributed by atoms with E-state index in [-0.39, 0.29) is 11.8 Å². The van der Waals surface area contributed by atoms with Crippen LogP contribution in [0, 0.1) is 0 Å². The summed E-state index contributed by atoms with van der Waals surface area (Å²) in [5.74, 6) is 0.324. The lowest BCUT2D eigenvalue weighted by molar-refractivity contribution is 0.267. The topological polar surface area (TPSA) is 119 Å². The summed E-state index contributed by atoms with van der Waals surface area (Å²) in [6.07, 6.45) is 2.66. The quantitative estimate of drug-likeness (QED) is 0.528. The highest BCUT2D eigenvalue weighted by atomic mass is 32.2. The monoisotopic (exact) mass is 315 g/mol. The number of nitrogen functional groups attached to an aromatic ring is 1. The fraction of sp³-hybridized carbons (Fsp3) is 0.500. The summed E-state index contributed by atoms with van der Waals surface area (Å²) in [7, 11) is 3.91. The molecule has 0 saturated heterocycles. The second kappa shape index (κ2) is 4.79. The van der Waals surface area contributed by atoms with Gasteiger partial charge in [0.2, 0.25) is 21.6 Å². The molecule has 0 bridgehead atoms. The minimum absolute atomic E-state index is 0.0369. The number of rotatable bonds is 4. The third-order valence-electron chi connectivity index (χ3n) is 2.64. The Balaban J connectivity index is 2.63. The normalized spacial score (nSPS) is 12.8. The Morgan fingerprint density at radius 2 is 1.95 bits per heavy atom. The first-order valence-electron chi connectivity index (χ1n) is 6.03. The SMILES string of the molecule is CN(NS(C)(=O)=O)c1nc(N)nc2c1ncn2[N+](C)(C)C. The first kappa shape index (κ1) is 15.4. The molecule has 0 unspecified atom stereocenters. The molecule has 0 saturated carbocycles. The van der Waals surface area contributed by atoms with Crippen LogP contribution in [0.25, 0.3) is 11.2 Å². The molecule has 0 fully saturated rings. The molecule has 0 aliphatic carbocycles. The molecule has 3 N–H and O–H groups in total. The van der Waals surface area contributed by atoms with Crippen LogP contribution in [0.1, 0.15) is 0 Å². The average molecular weight is 315 g/mol. The van der Waals surface area contributed by atoms with Gasteiger partial charge in [-0.2, -0.15) is 14.6 Å². The maximum absolute atomic E-state index is 11.3. The van der Waals surface area contributed by atoms with Crippen molar-refractivity contribution in [2.45, 2.75) is 0 Å². The third kappa shape index (κ3) is 3.20. The summed E-state index contributed by atoms with van der Waals surface area (Å²) < 4.78 is 24.9. The van der Waals surface area contributed by atoms with Gasteiger partial charge in [0.05, 0.1) is 27.4 Å². The molecular weight excluding hydrogens is 296 g/mol. The number of fused-ring (bicyclic) bond motifs is 1. The molecule has 2 rings (SSSR count). The van der Waals surface area contributed by atoms with Crippen LogP contribution < -0.4 is 20.2 Å². The number of nitrogens with two attached hydrogens (primary N) is 1. The Morgan fingerprint density at radius 3 is 2.48 bits per heavy atom. The average Bonchev–Trinajstić information content (AvgIpc) is 2.68. The number of hydrogen-bond donors (Lipinski definition) is 2. The van der Waals surface area contributed by atoms with Crippen LogP contribution in [0.15, 0.2) is 6.33 Å². The Labute approximate surface area is 122 Å². The van der Waals surface area contributed by atoms with Gasteiger partial charge in [0.15, 0.2) is 11.3 Å². The summed E-state index contributed by atoms with van der Waals surface area (Å²) in [6, 6.07) is 0. The second-order valence-corrected chi connectivity index (χ2v) is 7.26. The van der Waals surface area contributed by atoms with Crippen molar-refractivity contribution in [3.8, 4) is 0 Å². The van der Waals surface area contributed by atoms with E-state index in [2.05, 4.69) is 19.8 Å². The number of imidazole rings is 1. The van der Waals surface area contributed by atoms with Crippen LogP contribution in [-0.2, 0) is 10.0 Å². The largest absolute Gasteiger partial charge is 0.368 e. The van der Waals surface area contributed by atoms with Crippen molar-refractivity contribution in [3.05, 3.63) is 6.33 Å². The Morgan fingerprint density at radius 1 is 1.33 bits per heavy atom. The highest BCUT2D eigenvalue weighted by molar-refractivity contribution is 7.88. The predicted molar refractivity (Wildman–Crippen MR) is 81.4 cm³/mol. The molecule has 21 heavy (non-hydrogen) atoms. The predicted octanol–water partition coefficient (Wildman–Crippen LogP) is -1.36. The lowest BCUT2D eigenvalue weighted by Gasteiger charge is -2.24. The maximum atomic E-state index is 11.3. The van der Waals surface area contributed by atoms with Gasteiger partial charge in [-0.1, -0.05) is 0 Å². The Kier molecular flexibility index (Phi) is 3.51. The summed E-state index contributed by atoms with van der Waals surface area (Å²) in [5.41, 5.74) is 6.70. The van der Waals surface area contributed by atoms with Crippen molar-refractivity contribution < 1.29 is 8.42 Å². The minimum atomic E-state index is -3.44. The molecule has 10 nitrogen and oxygen atoms in total. The van der Waals surface area contributed by atoms with E-state index in [1.807, 2.05) is 21.1 Å². The molecule has 2 aromatic rings. The van der Waals surface area contributed by atoms with Crippen LogP contribution in [0.2, 0.25) is 0 Å². The van der Waals surface area contributed by atoms with Crippen LogP contribution >= 0.6 is 0 Å². The minimum Gasteiger partial charge on any atom is -0.368 e. The molecule has 2 heterocycles. The van der Waals surface area contributed by atoms with Crippen molar-refractivity contribution in [1.29, 1.82) is 0 Å². The zero-order chi connectivity index (χ0) is 16.0. The van der Waals surface area contributed by atoms with E-state index >= 15 is 0 Å². The number of quaternary nitrogens is 1. The number of hydrazine groups is 1. The first-order valence-corrected chi connectivity index (χ1v) is 7.92. The molecule has 0 aliphatic rings. The molecule has 11 heteroatoms. The van der Waals surface area contributed by atoms with Crippen molar-refractivity contribution in [2.24, 2.45) is 0 Å². The van der Waals surface area contributed by atoms with Crippen molar-refractivity contribution in [1.82, 2.24) is 29.1 Å². The van der Waals surface area contributed by atoms with Gasteiger partial charge in [-0.15, -0.1) is 4.83 Å². The molecule has 0 radical (unpaired) electrons. The Hall–Kier alpha value is -1.98. The van der Waals surface area contributed by atoms with E-state index in [1.165, 1.54) is 12.1 Å². The maximum Gasteiger partial charge on any atom is 0.225 e. The summed E-state index contributed by atoms with van der Waals surface area (Å²) in [5, 5.41) is 1.25. The third-order valence-corrected chi connectivity index (χ3v) is 3.25. The molecule has 0 aliphatic heterocycles. The van der Waals surface area contributed by atoms with Crippen LogP contribution in [0.3, 0.4) is 0 Å². The second-order valence-electron chi connectivity index (χ2n) is 5.53. The molecule has 0 aromatic carbocycles. The number of aromatic nitrogens is 4. The Bertz CT molecular complexity index is 776. The zero-order valence-electron chi connectivity index (χ0n) is 12.6. The van der Waals surface area contributed by atoms with Gasteiger partial charge in [0.25, 0.3) is 0 Å². The van der Waals surface area contributed by atoms with Crippen molar-refractivity contribution in [3.63, 3.8) is 0 Å². The van der Waals surface area contributed by atoms with Gasteiger partial charge in [-0.25, -0.2) is 18.0 Å². The van der Waals surface area contributed by atoms with E-state index in [9.17, 15) is 8.42 Å². The molecule has 2 aromatic heterocycles. The molecule has 0 spiro atoms. The van der Waals surface area contributed by atoms with Gasteiger partial charge in [0, 0.05) is 7.05 Å². The van der Waals surface area contributed by atoms with E-state index in [0.29, 0.717) is 15.8 Å². The van der Waals surface area contributed by atoms with Gasteiger partial charge < -0.3 is 5.73 Å². The van der Waals surface area contributed by atoms with Gasteiger partial charge in [-0.3, -0.25) is 5.01 Å². The number of anilines is 2. The summed E-state index contributed by atoms with van der Waals surface area (Å²) >= 11 is 0. The zero-order valence-corrected chi connectivity index (χ0v) is 13.4. The van der Waals surface area contributed by atoms with Gasteiger partial charge >= 0.3 is 0 Å². The summed E-state index contributed by atoms with van der Waals surface area (Å²) in [4.78, 5) is 14.8. The number of nitrogens with zero attached hydrogens (tertiary/aromatic N) is 6. The number of sulfonamides is 1. The highest BCUT2D eigenvalue weighted by Gasteiger charge is 2.22. The molecular formula is C10H19N8O2S+. The van der Waals surface area contributed by atoms with Gasteiger partial charge in [0.1, 0.15) is 6.33 Å². The molecule has 0 atom stereocenters. The lowest BCUT2D eigenvalue weighted by atomic mass is 10.5. The van der Waals surface area contributed by atoms with Crippen LogP contribution in [-0.4, -0.2) is 62.5 Å². The number of hydrogen-bond acceptors (Lipinski definition) is 7. The van der Waals surface area contributed by atoms with Crippen molar-refractivity contribution >= 4 is 33.0 Å². The first-order chi connectivity index (χ1) is 9.49. The fourth-order valence-electron chi connectivity index (χ4n) is 1.86. The van der Waals surface area contributed by atoms with Crippen LogP contribution in [0.4, 0.5) is 11.8 Å². The lowest BCUT2D eigenvalue weighted by Crippen LogP contribution is -2.46. The molecule has 0 amide bonds. The highest BCUT2D eigenvalue weighted by Crippen LogP contribution is 2.22. The van der Waals surface area contributed by atoms with Gasteiger partial charge in [-0.05, 0) is 0 Å². The van der Waals surface area contributed by atoms with E-state index in [4.69, 9.17) is 5.73 Å². The van der Waals surface area contributed by atoms with Crippen molar-refractivity contribution in [2.75, 3.05) is 45.2 Å². The smallest absolute Gasteiger partial charge is 0.225 e. The van der Waals surface area contributed by atoms with E-state index in [0.717, 1.165) is 6.26 Å².